The van der Waals surface area contributed by atoms with Gasteiger partial charge in [0.25, 0.3) is 0 Å². The van der Waals surface area contributed by atoms with Crippen LogP contribution in [0.15, 0.2) is 18.3 Å². The third-order valence-corrected chi connectivity index (χ3v) is 2.72. The first kappa shape index (κ1) is 15.4. The van der Waals surface area contributed by atoms with Crippen LogP contribution in [-0.4, -0.2) is 43.8 Å². The van der Waals surface area contributed by atoms with Crippen molar-refractivity contribution >= 4 is 11.6 Å². The average Bonchev–Trinajstić information content (AvgIpc) is 2.41. The summed E-state index contributed by atoms with van der Waals surface area (Å²) >= 11 is 0. The van der Waals surface area contributed by atoms with E-state index in [1.54, 1.807) is 46.3 Å². The highest BCUT2D eigenvalue weighted by atomic mass is 16.5. The molecule has 0 aliphatic rings. The monoisotopic (exact) mass is 267 g/mol. The molecule has 19 heavy (non-hydrogen) atoms. The van der Waals surface area contributed by atoms with E-state index in [1.807, 2.05) is 0 Å². The molecule has 1 rings (SSSR count). The van der Waals surface area contributed by atoms with Crippen LogP contribution in [0.1, 0.15) is 13.8 Å². The maximum absolute atomic E-state index is 11.9. The topological polar surface area (TPSA) is 72.5 Å². The van der Waals surface area contributed by atoms with Gasteiger partial charge in [0.2, 0.25) is 11.8 Å². The summed E-state index contributed by atoms with van der Waals surface area (Å²) < 4.78 is 10.2. The Morgan fingerprint density at radius 3 is 2.63 bits per heavy atom. The first-order chi connectivity index (χ1) is 8.99. The largest absolute Gasteiger partial charge is 0.475 e. The molecule has 0 aromatic carbocycles. The van der Waals surface area contributed by atoms with Crippen molar-refractivity contribution in [1.29, 1.82) is 0 Å². The van der Waals surface area contributed by atoms with Gasteiger partial charge in [-0.05, 0) is 27.0 Å². The maximum Gasteiger partial charge on any atom is 0.244 e. The molecule has 2 N–H and O–H groups in total. The Labute approximate surface area is 113 Å². The number of methoxy groups -OCH3 is 1. The zero-order chi connectivity index (χ0) is 14.3. The predicted octanol–water partition coefficient (Wildman–Crippen LogP) is 1.04. The molecule has 0 unspecified atom stereocenters. The number of anilines is 1. The van der Waals surface area contributed by atoms with E-state index in [0.717, 1.165) is 0 Å². The summed E-state index contributed by atoms with van der Waals surface area (Å²) in [5.41, 5.74) is 0.000554. The molecule has 0 aliphatic carbocycles. The maximum atomic E-state index is 11.9. The lowest BCUT2D eigenvalue weighted by atomic mass is 10.1. The zero-order valence-corrected chi connectivity index (χ0v) is 11.8. The molecule has 1 aromatic rings. The highest BCUT2D eigenvalue weighted by Crippen LogP contribution is 2.13. The molecule has 0 spiro atoms. The number of amides is 1. The molecule has 0 fully saturated rings. The van der Waals surface area contributed by atoms with E-state index in [9.17, 15) is 4.79 Å². The molecule has 0 atom stereocenters. The lowest BCUT2D eigenvalue weighted by Crippen LogP contribution is -2.47. The van der Waals surface area contributed by atoms with Crippen LogP contribution in [0.4, 0.5) is 5.69 Å². The Morgan fingerprint density at radius 2 is 2.11 bits per heavy atom. The molecule has 0 saturated carbocycles. The van der Waals surface area contributed by atoms with Gasteiger partial charge in [0.1, 0.15) is 6.61 Å². The van der Waals surface area contributed by atoms with E-state index in [0.29, 0.717) is 24.8 Å². The Balaban J connectivity index is 2.55. The van der Waals surface area contributed by atoms with E-state index in [-0.39, 0.29) is 5.91 Å². The average molecular weight is 267 g/mol. The third kappa shape index (κ3) is 4.84. The molecule has 0 radical (unpaired) electrons. The third-order valence-electron chi connectivity index (χ3n) is 2.72. The van der Waals surface area contributed by atoms with Gasteiger partial charge in [-0.25, -0.2) is 4.98 Å². The molecule has 0 bridgehead atoms. The van der Waals surface area contributed by atoms with Gasteiger partial charge in [0, 0.05) is 13.2 Å². The normalized spacial score (nSPS) is 11.2. The summed E-state index contributed by atoms with van der Waals surface area (Å²) in [5, 5.41) is 5.72. The van der Waals surface area contributed by atoms with Crippen LogP contribution in [0.3, 0.4) is 0 Å². The second-order valence-corrected chi connectivity index (χ2v) is 4.56. The Morgan fingerprint density at radius 1 is 1.37 bits per heavy atom. The summed E-state index contributed by atoms with van der Waals surface area (Å²) in [4.78, 5) is 16.0. The number of nitrogens with zero attached hydrogens (tertiary/aromatic N) is 1. The van der Waals surface area contributed by atoms with Crippen molar-refractivity contribution < 1.29 is 14.3 Å². The van der Waals surface area contributed by atoms with E-state index >= 15 is 0 Å². The molecule has 106 valence electrons. The number of rotatable bonds is 7. The van der Waals surface area contributed by atoms with Gasteiger partial charge in [-0.1, -0.05) is 0 Å². The molecular formula is C13H21N3O3. The fourth-order valence-corrected chi connectivity index (χ4v) is 1.17. The highest BCUT2D eigenvalue weighted by Gasteiger charge is 2.25. The minimum absolute atomic E-state index is 0.121. The van der Waals surface area contributed by atoms with Crippen LogP contribution in [-0.2, 0) is 9.53 Å². The number of likely N-dealkylation sites (N-methyl/N-ethyl adjacent to an activating group) is 1. The van der Waals surface area contributed by atoms with Gasteiger partial charge < -0.3 is 20.1 Å². The number of hydrogen-bond acceptors (Lipinski definition) is 5. The minimum Gasteiger partial charge on any atom is -0.475 e. The molecule has 1 heterocycles. The summed E-state index contributed by atoms with van der Waals surface area (Å²) in [7, 11) is 3.35. The molecular weight excluding hydrogens is 246 g/mol. The Bertz CT molecular complexity index is 404. The molecule has 0 saturated heterocycles. The van der Waals surface area contributed by atoms with E-state index in [1.165, 1.54) is 0 Å². The van der Waals surface area contributed by atoms with Crippen molar-refractivity contribution in [1.82, 2.24) is 10.3 Å². The molecule has 0 aliphatic heterocycles. The van der Waals surface area contributed by atoms with E-state index < -0.39 is 5.54 Å². The van der Waals surface area contributed by atoms with Crippen LogP contribution in [0, 0.1) is 0 Å². The lowest BCUT2D eigenvalue weighted by molar-refractivity contribution is -0.121. The first-order valence-electron chi connectivity index (χ1n) is 6.08. The van der Waals surface area contributed by atoms with Crippen LogP contribution in [0.5, 0.6) is 5.88 Å². The highest BCUT2D eigenvalue weighted by molar-refractivity contribution is 5.97. The molecule has 1 aromatic heterocycles. The first-order valence-corrected chi connectivity index (χ1v) is 6.08. The van der Waals surface area contributed by atoms with Gasteiger partial charge in [-0.15, -0.1) is 0 Å². The van der Waals surface area contributed by atoms with Gasteiger partial charge >= 0.3 is 0 Å². The SMILES string of the molecule is CNC(C)(C)C(=O)Nc1ccc(OCCOC)nc1. The number of pyridine rings is 1. The van der Waals surface area contributed by atoms with Crippen molar-refractivity contribution in [2.24, 2.45) is 0 Å². The molecule has 6 heteroatoms. The standard InChI is InChI=1S/C13H21N3O3/c1-13(2,14-3)12(17)16-10-5-6-11(15-9-10)19-8-7-18-4/h5-6,9,14H,7-8H2,1-4H3,(H,16,17). The predicted molar refractivity (Wildman–Crippen MR) is 73.4 cm³/mol. The summed E-state index contributed by atoms with van der Waals surface area (Å²) in [6.45, 7) is 4.56. The van der Waals surface area contributed by atoms with Crippen molar-refractivity contribution in [3.8, 4) is 5.88 Å². The Kier molecular flexibility index (Phi) is 5.72. The number of carbonyl (C=O) groups is 1. The quantitative estimate of drug-likeness (QED) is 0.722. The minimum atomic E-state index is -0.631. The van der Waals surface area contributed by atoms with Crippen molar-refractivity contribution in [2.75, 3.05) is 32.7 Å². The number of carbonyl (C=O) groups excluding carboxylic acids is 1. The second-order valence-electron chi connectivity index (χ2n) is 4.56. The number of ether oxygens (including phenoxy) is 2. The van der Waals surface area contributed by atoms with Crippen LogP contribution in [0.25, 0.3) is 0 Å². The summed E-state index contributed by atoms with van der Waals surface area (Å²) in [5.74, 6) is 0.382. The van der Waals surface area contributed by atoms with Gasteiger partial charge in [-0.2, -0.15) is 0 Å². The fourth-order valence-electron chi connectivity index (χ4n) is 1.17. The van der Waals surface area contributed by atoms with Crippen LogP contribution in [0.2, 0.25) is 0 Å². The second kappa shape index (κ2) is 7.06. The van der Waals surface area contributed by atoms with Crippen molar-refractivity contribution in [3.63, 3.8) is 0 Å². The molecule has 6 nitrogen and oxygen atoms in total. The van der Waals surface area contributed by atoms with Gasteiger partial charge in [-0.3, -0.25) is 4.79 Å². The summed E-state index contributed by atoms with van der Waals surface area (Å²) in [6, 6.07) is 3.45. The van der Waals surface area contributed by atoms with Crippen molar-refractivity contribution in [3.05, 3.63) is 18.3 Å². The number of aromatic nitrogens is 1. The van der Waals surface area contributed by atoms with Gasteiger partial charge in [0.05, 0.1) is 24.0 Å². The van der Waals surface area contributed by atoms with Crippen molar-refractivity contribution in [2.45, 2.75) is 19.4 Å². The smallest absolute Gasteiger partial charge is 0.244 e. The van der Waals surface area contributed by atoms with E-state index in [2.05, 4.69) is 15.6 Å². The number of hydrogen-bond donors (Lipinski definition) is 2. The molecule has 1 amide bonds. The Hall–Kier alpha value is -1.66. The van der Waals surface area contributed by atoms with Crippen LogP contribution >= 0.6 is 0 Å². The lowest BCUT2D eigenvalue weighted by Gasteiger charge is -2.22. The van der Waals surface area contributed by atoms with Crippen LogP contribution < -0.4 is 15.4 Å². The summed E-state index contributed by atoms with van der Waals surface area (Å²) in [6.07, 6.45) is 1.56. The zero-order valence-electron chi connectivity index (χ0n) is 11.8. The fraction of sp³-hybridized carbons (Fsp3) is 0.538. The van der Waals surface area contributed by atoms with Gasteiger partial charge in [0.15, 0.2) is 0 Å². The number of nitrogens with one attached hydrogen (secondary N) is 2. The van der Waals surface area contributed by atoms with E-state index in [4.69, 9.17) is 9.47 Å².